The number of hydrogen-bond acceptors (Lipinski definition) is 10. The molecule has 5 atom stereocenters. The van der Waals surface area contributed by atoms with Crippen molar-refractivity contribution in [2.24, 2.45) is 5.73 Å². The normalized spacial score (nSPS) is 21.3. The van der Waals surface area contributed by atoms with Gasteiger partial charge < -0.3 is 46.2 Å². The molecule has 0 saturated carbocycles. The van der Waals surface area contributed by atoms with E-state index < -0.39 is 71.9 Å². The lowest BCUT2D eigenvalue weighted by molar-refractivity contribution is -0.161. The second kappa shape index (κ2) is 15.4. The summed E-state index contributed by atoms with van der Waals surface area (Å²) in [6.45, 7) is 3.42. The number of aliphatic carboxylic acids is 2. The molecule has 0 bridgehead atoms. The van der Waals surface area contributed by atoms with Crippen LogP contribution in [-0.4, -0.2) is 90.0 Å². The lowest BCUT2D eigenvalue weighted by Crippen LogP contribution is -2.71. The van der Waals surface area contributed by atoms with E-state index in [2.05, 4.69) is 15.7 Å². The molecule has 16 nitrogen and oxygen atoms in total. The van der Waals surface area contributed by atoms with E-state index in [4.69, 9.17) is 15.6 Å². The van der Waals surface area contributed by atoms with E-state index in [0.29, 0.717) is 5.56 Å². The third-order valence-electron chi connectivity index (χ3n) is 6.86. The number of fused-ring (bicyclic) bond motifs is 1. The van der Waals surface area contributed by atoms with Crippen molar-refractivity contribution in [2.75, 3.05) is 12.8 Å². The Kier molecular flexibility index (Phi) is 12.2. The third kappa shape index (κ3) is 9.67. The standard InChI is InChI=1S/C16H19N3O5S.C12H17N2O6P/c1-16(2)11(15(23)24)19-13(22)10(14(19)25-16)18-12(21)9(17)7-3-5-8(20)6-4-7;15-11(16)6-7-14-21(18,19)9-13-12(17)20-8-10-4-2-1-3-5-10/h3-6,9-11,14,20H,17H2,1-2H3,(H,18,21)(H,23,24);1-5H,6-9H2,(H,13,17)(H,15,16)(H2,14,18,19)/t9?,10-,11+,14-;/m1./s1. The zero-order valence-corrected chi connectivity index (χ0v) is 26.6. The Morgan fingerprint density at radius 2 is 1.72 bits per heavy atom. The molecule has 9 N–H and O–H groups in total. The summed E-state index contributed by atoms with van der Waals surface area (Å²) in [6.07, 6.45) is -1.66. The van der Waals surface area contributed by atoms with Crippen molar-refractivity contribution in [1.82, 2.24) is 20.6 Å². The van der Waals surface area contributed by atoms with Gasteiger partial charge in [0.05, 0.1) is 6.42 Å². The van der Waals surface area contributed by atoms with Gasteiger partial charge in [0.25, 0.3) is 7.52 Å². The lowest BCUT2D eigenvalue weighted by atomic mass is 9.95. The van der Waals surface area contributed by atoms with Gasteiger partial charge in [-0.2, -0.15) is 0 Å². The summed E-state index contributed by atoms with van der Waals surface area (Å²) in [7, 11) is -3.82. The number of rotatable bonds is 12. The largest absolute Gasteiger partial charge is 0.508 e. The number of carbonyl (C=O) groups is 5. The van der Waals surface area contributed by atoms with Crippen molar-refractivity contribution >= 4 is 49.1 Å². The van der Waals surface area contributed by atoms with Crippen LogP contribution in [0.25, 0.3) is 0 Å². The fourth-order valence-electron chi connectivity index (χ4n) is 4.56. The van der Waals surface area contributed by atoms with Crippen LogP contribution in [0.3, 0.4) is 0 Å². The first-order valence-electron chi connectivity index (χ1n) is 13.8. The SMILES string of the molecule is CC1(C)S[C@@H]2[C@H](NC(=O)C(N)c3ccc(O)cc3)C(=O)N2[C@H]1C(=O)O.O=C(O)CCNP(=O)(O)CNC(=O)OCc1ccccc1. The molecule has 0 aliphatic carbocycles. The van der Waals surface area contributed by atoms with Crippen LogP contribution in [-0.2, 0) is 35.1 Å². The highest BCUT2D eigenvalue weighted by atomic mass is 32.2. The summed E-state index contributed by atoms with van der Waals surface area (Å²) in [6, 6.07) is 12.2. The molecule has 2 aliphatic rings. The van der Waals surface area contributed by atoms with Crippen molar-refractivity contribution in [2.45, 2.75) is 55.1 Å². The van der Waals surface area contributed by atoms with Gasteiger partial charge in [0.2, 0.25) is 11.8 Å². The van der Waals surface area contributed by atoms with Gasteiger partial charge in [0.1, 0.15) is 42.1 Å². The van der Waals surface area contributed by atoms with Gasteiger partial charge >= 0.3 is 18.0 Å². The number of carboxylic acid groups (broad SMARTS) is 2. The molecule has 2 unspecified atom stereocenters. The summed E-state index contributed by atoms with van der Waals surface area (Å²) in [5.41, 5.74) is 7.20. The van der Waals surface area contributed by atoms with Gasteiger partial charge in [-0.3, -0.25) is 18.9 Å². The predicted molar refractivity (Wildman–Crippen MR) is 165 cm³/mol. The predicted octanol–water partition coefficient (Wildman–Crippen LogP) is 1.14. The van der Waals surface area contributed by atoms with Crippen LogP contribution in [0, 0.1) is 0 Å². The number of hydrogen-bond donors (Lipinski definition) is 8. The quantitative estimate of drug-likeness (QED) is 0.115. The fraction of sp³-hybridized carbons (Fsp3) is 0.393. The molecular formula is C28H36N5O11PS. The molecule has 2 aromatic carbocycles. The molecule has 0 spiro atoms. The van der Waals surface area contributed by atoms with Gasteiger partial charge in [-0.1, -0.05) is 42.5 Å². The second-order valence-corrected chi connectivity index (χ2v) is 14.6. The van der Waals surface area contributed by atoms with Crippen molar-refractivity contribution in [3.63, 3.8) is 0 Å². The van der Waals surface area contributed by atoms with Crippen LogP contribution in [0.4, 0.5) is 4.79 Å². The zero-order valence-electron chi connectivity index (χ0n) is 24.9. The number of nitrogens with two attached hydrogens (primary N) is 1. The zero-order chi connectivity index (χ0) is 34.2. The smallest absolute Gasteiger partial charge is 0.407 e. The number of β-lactam (4-membered cyclic amide) rings is 1. The highest BCUT2D eigenvalue weighted by Crippen LogP contribution is 2.50. The van der Waals surface area contributed by atoms with Crippen molar-refractivity contribution in [3.8, 4) is 5.75 Å². The van der Waals surface area contributed by atoms with Crippen molar-refractivity contribution in [1.29, 1.82) is 0 Å². The summed E-state index contributed by atoms with van der Waals surface area (Å²) in [4.78, 5) is 68.5. The van der Waals surface area contributed by atoms with Crippen LogP contribution in [0.2, 0.25) is 0 Å². The van der Waals surface area contributed by atoms with Gasteiger partial charge in [0, 0.05) is 11.3 Å². The number of thioether (sulfide) groups is 1. The summed E-state index contributed by atoms with van der Waals surface area (Å²) in [5, 5.41) is 33.6. The van der Waals surface area contributed by atoms with E-state index in [9.17, 15) is 43.6 Å². The van der Waals surface area contributed by atoms with Gasteiger partial charge in [-0.15, -0.1) is 11.8 Å². The topological polar surface area (TPSA) is 258 Å². The van der Waals surface area contributed by atoms with E-state index in [1.165, 1.54) is 40.9 Å². The Morgan fingerprint density at radius 3 is 2.30 bits per heavy atom. The maximum atomic E-state index is 12.3. The molecule has 2 heterocycles. The van der Waals surface area contributed by atoms with E-state index in [-0.39, 0.29) is 25.3 Å². The molecule has 0 radical (unpaired) electrons. The second-order valence-electron chi connectivity index (χ2n) is 10.8. The molecule has 0 aromatic heterocycles. The summed E-state index contributed by atoms with van der Waals surface area (Å²) >= 11 is 1.35. The van der Waals surface area contributed by atoms with E-state index in [1.54, 1.807) is 38.1 Å². The van der Waals surface area contributed by atoms with Gasteiger partial charge in [-0.05, 0) is 37.1 Å². The molecule has 18 heteroatoms. The number of aromatic hydroxyl groups is 1. The number of carbonyl (C=O) groups excluding carboxylic acids is 3. The van der Waals surface area contributed by atoms with Crippen LogP contribution in [0.5, 0.6) is 5.75 Å². The molecule has 46 heavy (non-hydrogen) atoms. The van der Waals surface area contributed by atoms with E-state index in [1.807, 2.05) is 6.07 Å². The number of nitrogens with zero attached hydrogens (tertiary/aromatic N) is 1. The highest BCUT2D eigenvalue weighted by Gasteiger charge is 2.64. The van der Waals surface area contributed by atoms with Crippen LogP contribution in [0.1, 0.15) is 37.4 Å². The van der Waals surface area contributed by atoms with Crippen LogP contribution >= 0.6 is 19.3 Å². The Hall–Kier alpha value is -4.15. The Bertz CT molecular complexity index is 1480. The minimum Gasteiger partial charge on any atom is -0.508 e. The maximum absolute atomic E-state index is 12.3. The lowest BCUT2D eigenvalue weighted by Gasteiger charge is -2.43. The van der Waals surface area contributed by atoms with Gasteiger partial charge in [0.15, 0.2) is 0 Å². The molecule has 2 fully saturated rings. The monoisotopic (exact) mass is 681 g/mol. The van der Waals surface area contributed by atoms with Gasteiger partial charge in [-0.25, -0.2) is 14.7 Å². The first-order valence-corrected chi connectivity index (χ1v) is 16.6. The number of phenolic OH excluding ortho intramolecular Hbond substituents is 1. The number of phenols is 1. The van der Waals surface area contributed by atoms with Crippen molar-refractivity contribution < 1.29 is 53.5 Å². The first-order chi connectivity index (χ1) is 21.5. The van der Waals surface area contributed by atoms with E-state index in [0.717, 1.165) is 5.56 Å². The Morgan fingerprint density at radius 1 is 1.09 bits per heavy atom. The minimum absolute atomic E-state index is 0.0504. The Balaban J connectivity index is 0.000000255. The third-order valence-corrected chi connectivity index (χ3v) is 9.73. The maximum Gasteiger partial charge on any atom is 0.407 e. The number of benzene rings is 2. The number of carboxylic acids is 2. The van der Waals surface area contributed by atoms with E-state index >= 15 is 0 Å². The highest BCUT2D eigenvalue weighted by molar-refractivity contribution is 8.01. The summed E-state index contributed by atoms with van der Waals surface area (Å²) < 4.78 is 15.8. The number of ether oxygens (including phenoxy) is 1. The number of nitrogens with one attached hydrogen (secondary N) is 3. The molecule has 2 saturated heterocycles. The molecule has 4 rings (SSSR count). The molecular weight excluding hydrogens is 645 g/mol. The Labute approximate surface area is 268 Å². The fourth-order valence-corrected chi connectivity index (χ4v) is 7.10. The number of amides is 3. The molecule has 2 aliphatic heterocycles. The molecule has 2 aromatic rings. The minimum atomic E-state index is -3.82. The molecule has 3 amide bonds. The number of alkyl carbamates (subject to hydrolysis) is 1. The van der Waals surface area contributed by atoms with Crippen molar-refractivity contribution in [3.05, 3.63) is 65.7 Å². The summed E-state index contributed by atoms with van der Waals surface area (Å²) in [5.74, 6) is -3.02. The first kappa shape index (κ1) is 36.3. The van der Waals surface area contributed by atoms with Crippen LogP contribution in [0.15, 0.2) is 54.6 Å². The average molecular weight is 682 g/mol. The molecule has 250 valence electrons. The van der Waals surface area contributed by atoms with Crippen LogP contribution < -0.4 is 21.5 Å². The average Bonchev–Trinajstić information content (AvgIpc) is 3.26.